The van der Waals surface area contributed by atoms with Gasteiger partial charge in [-0.2, -0.15) is 0 Å². The molecular weight excluding hydrogens is 264 g/mol. The van der Waals surface area contributed by atoms with E-state index in [1.807, 2.05) is 13.8 Å². The summed E-state index contributed by atoms with van der Waals surface area (Å²) in [5.41, 5.74) is 0. The van der Waals surface area contributed by atoms with E-state index in [2.05, 4.69) is 13.8 Å². The molecule has 0 radical (unpaired) electrons. The van der Waals surface area contributed by atoms with Crippen molar-refractivity contribution in [2.24, 2.45) is 0 Å². The van der Waals surface area contributed by atoms with Crippen LogP contribution in [0.4, 0.5) is 0 Å². The molecule has 0 fully saturated rings. The van der Waals surface area contributed by atoms with Gasteiger partial charge in [-0.3, -0.25) is 0 Å². The molecule has 0 amide bonds. The van der Waals surface area contributed by atoms with Crippen LogP contribution < -0.4 is 0 Å². The van der Waals surface area contributed by atoms with Crippen molar-refractivity contribution in [3.05, 3.63) is 0 Å². The topological polar surface area (TPSA) is 27.7 Å². The van der Waals surface area contributed by atoms with E-state index in [4.69, 9.17) is 14.2 Å². The first-order valence-electron chi connectivity index (χ1n) is 9.01. The van der Waals surface area contributed by atoms with Gasteiger partial charge >= 0.3 is 0 Å². The van der Waals surface area contributed by atoms with Crippen LogP contribution in [0.3, 0.4) is 0 Å². The van der Waals surface area contributed by atoms with Crippen molar-refractivity contribution in [1.82, 2.24) is 0 Å². The maximum Gasteiger partial charge on any atom is 0.0781 e. The fraction of sp³-hybridized carbons (Fsp3) is 1.00. The summed E-state index contributed by atoms with van der Waals surface area (Å²) in [7, 11) is 0. The second kappa shape index (κ2) is 16.3. The molecule has 3 heteroatoms. The molecule has 0 aromatic heterocycles. The fourth-order valence-corrected chi connectivity index (χ4v) is 2.27. The molecule has 21 heavy (non-hydrogen) atoms. The van der Waals surface area contributed by atoms with Crippen LogP contribution in [0.1, 0.15) is 79.1 Å². The van der Waals surface area contributed by atoms with Crippen LogP contribution in [0.15, 0.2) is 0 Å². The summed E-state index contributed by atoms with van der Waals surface area (Å²) < 4.78 is 16.8. The van der Waals surface area contributed by atoms with Gasteiger partial charge in [0.1, 0.15) is 0 Å². The van der Waals surface area contributed by atoms with Crippen molar-refractivity contribution < 1.29 is 14.2 Å². The van der Waals surface area contributed by atoms with Crippen molar-refractivity contribution in [2.45, 2.75) is 91.3 Å². The Bertz CT molecular complexity index is 197. The Hall–Kier alpha value is -0.120. The summed E-state index contributed by atoms with van der Waals surface area (Å²) in [5, 5.41) is 0. The Balaban J connectivity index is 3.19. The lowest BCUT2D eigenvalue weighted by molar-refractivity contribution is -0.0550. The molecule has 0 spiro atoms. The monoisotopic (exact) mass is 302 g/mol. The molecule has 2 atom stereocenters. The SMILES string of the molecule is CCCCCCCCCCOCC(C)OCC(C)OCC. The molecule has 0 saturated carbocycles. The molecule has 0 bridgehead atoms. The van der Waals surface area contributed by atoms with Crippen molar-refractivity contribution in [2.75, 3.05) is 26.4 Å². The number of hydrogen-bond acceptors (Lipinski definition) is 3. The van der Waals surface area contributed by atoms with Crippen molar-refractivity contribution >= 4 is 0 Å². The van der Waals surface area contributed by atoms with Crippen LogP contribution in [0, 0.1) is 0 Å². The number of unbranched alkanes of at least 4 members (excludes halogenated alkanes) is 7. The number of rotatable bonds is 16. The van der Waals surface area contributed by atoms with Gasteiger partial charge in [-0.1, -0.05) is 51.9 Å². The van der Waals surface area contributed by atoms with Crippen LogP contribution in [-0.4, -0.2) is 38.6 Å². The van der Waals surface area contributed by atoms with Gasteiger partial charge < -0.3 is 14.2 Å². The standard InChI is InChI=1S/C18H38O3/c1-5-7-8-9-10-11-12-13-14-19-15-17(3)21-16-18(4)20-6-2/h17-18H,5-16H2,1-4H3. The predicted octanol–water partition coefficient (Wildman–Crippen LogP) is 4.97. The summed E-state index contributed by atoms with van der Waals surface area (Å²) in [5.74, 6) is 0. The molecule has 0 N–H and O–H groups in total. The molecule has 0 aliphatic heterocycles. The first kappa shape index (κ1) is 20.9. The van der Waals surface area contributed by atoms with Gasteiger partial charge in [0.15, 0.2) is 0 Å². The number of ether oxygens (including phenoxy) is 3. The quantitative estimate of drug-likeness (QED) is 0.377. The molecule has 0 aliphatic carbocycles. The van der Waals surface area contributed by atoms with E-state index >= 15 is 0 Å². The zero-order valence-electron chi connectivity index (χ0n) is 14.9. The van der Waals surface area contributed by atoms with Crippen LogP contribution in [-0.2, 0) is 14.2 Å². The van der Waals surface area contributed by atoms with Gasteiger partial charge in [-0.25, -0.2) is 0 Å². The van der Waals surface area contributed by atoms with E-state index in [1.54, 1.807) is 0 Å². The summed E-state index contributed by atoms with van der Waals surface area (Å²) in [6.07, 6.45) is 11.1. The second-order valence-electron chi connectivity index (χ2n) is 5.96. The highest BCUT2D eigenvalue weighted by molar-refractivity contribution is 4.52. The minimum Gasteiger partial charge on any atom is -0.379 e. The highest BCUT2D eigenvalue weighted by Gasteiger charge is 2.06. The average molecular weight is 302 g/mol. The molecule has 2 unspecified atom stereocenters. The van der Waals surface area contributed by atoms with Crippen molar-refractivity contribution in [3.8, 4) is 0 Å². The van der Waals surface area contributed by atoms with E-state index in [0.717, 1.165) is 13.2 Å². The van der Waals surface area contributed by atoms with Crippen molar-refractivity contribution in [1.29, 1.82) is 0 Å². The van der Waals surface area contributed by atoms with Crippen molar-refractivity contribution in [3.63, 3.8) is 0 Å². The second-order valence-corrected chi connectivity index (χ2v) is 5.96. The van der Waals surface area contributed by atoms with E-state index in [9.17, 15) is 0 Å². The molecule has 0 saturated heterocycles. The Labute approximate surface area is 132 Å². The van der Waals surface area contributed by atoms with Crippen LogP contribution in [0.25, 0.3) is 0 Å². The van der Waals surface area contributed by atoms with Gasteiger partial charge in [-0.05, 0) is 27.2 Å². The molecule has 0 aliphatic rings. The lowest BCUT2D eigenvalue weighted by atomic mass is 10.1. The molecule has 0 aromatic rings. The van der Waals surface area contributed by atoms with Crippen LogP contribution in [0.2, 0.25) is 0 Å². The molecular formula is C18H38O3. The average Bonchev–Trinajstić information content (AvgIpc) is 2.47. The third-order valence-electron chi connectivity index (χ3n) is 3.56. The Morgan fingerprint density at radius 3 is 1.86 bits per heavy atom. The molecule has 3 nitrogen and oxygen atoms in total. The lowest BCUT2D eigenvalue weighted by Gasteiger charge is -2.17. The van der Waals surface area contributed by atoms with E-state index in [-0.39, 0.29) is 12.2 Å². The highest BCUT2D eigenvalue weighted by Crippen LogP contribution is 2.08. The summed E-state index contributed by atoms with van der Waals surface area (Å²) in [4.78, 5) is 0. The highest BCUT2D eigenvalue weighted by atomic mass is 16.6. The van der Waals surface area contributed by atoms with E-state index in [1.165, 1.54) is 51.4 Å². The molecule has 0 aromatic carbocycles. The van der Waals surface area contributed by atoms with Gasteiger partial charge in [0.05, 0.1) is 25.4 Å². The normalized spacial score (nSPS) is 14.3. The zero-order valence-corrected chi connectivity index (χ0v) is 14.9. The summed E-state index contributed by atoms with van der Waals surface area (Å²) in [6.45, 7) is 11.3. The Kier molecular flexibility index (Phi) is 16.2. The van der Waals surface area contributed by atoms with Gasteiger partial charge in [0, 0.05) is 13.2 Å². The maximum atomic E-state index is 5.69. The van der Waals surface area contributed by atoms with E-state index in [0.29, 0.717) is 13.2 Å². The zero-order chi connectivity index (χ0) is 15.8. The Morgan fingerprint density at radius 2 is 1.24 bits per heavy atom. The van der Waals surface area contributed by atoms with Gasteiger partial charge in [0.25, 0.3) is 0 Å². The predicted molar refractivity (Wildman–Crippen MR) is 89.9 cm³/mol. The molecule has 0 rings (SSSR count). The lowest BCUT2D eigenvalue weighted by Crippen LogP contribution is -2.23. The smallest absolute Gasteiger partial charge is 0.0781 e. The van der Waals surface area contributed by atoms with E-state index < -0.39 is 0 Å². The minimum absolute atomic E-state index is 0.155. The fourth-order valence-electron chi connectivity index (χ4n) is 2.27. The largest absolute Gasteiger partial charge is 0.379 e. The first-order chi connectivity index (χ1) is 10.2. The third-order valence-corrected chi connectivity index (χ3v) is 3.56. The maximum absolute atomic E-state index is 5.69. The minimum atomic E-state index is 0.155. The Morgan fingerprint density at radius 1 is 0.667 bits per heavy atom. The summed E-state index contributed by atoms with van der Waals surface area (Å²) in [6, 6.07) is 0. The van der Waals surface area contributed by atoms with Crippen LogP contribution >= 0.6 is 0 Å². The first-order valence-corrected chi connectivity index (χ1v) is 9.01. The summed E-state index contributed by atoms with van der Waals surface area (Å²) >= 11 is 0. The van der Waals surface area contributed by atoms with Crippen LogP contribution in [0.5, 0.6) is 0 Å². The number of hydrogen-bond donors (Lipinski definition) is 0. The van der Waals surface area contributed by atoms with Gasteiger partial charge in [0.2, 0.25) is 0 Å². The van der Waals surface area contributed by atoms with Gasteiger partial charge in [-0.15, -0.1) is 0 Å². The molecule has 128 valence electrons. The molecule has 0 heterocycles. The third kappa shape index (κ3) is 16.1.